The Hall–Kier alpha value is -5.11. The van der Waals surface area contributed by atoms with Crippen molar-refractivity contribution in [3.05, 3.63) is 111 Å². The lowest BCUT2D eigenvalue weighted by atomic mass is 9.96. The van der Waals surface area contributed by atoms with Crippen molar-refractivity contribution in [2.75, 3.05) is 13.4 Å². The average molecular weight is 576 g/mol. The summed E-state index contributed by atoms with van der Waals surface area (Å²) in [5, 5.41) is 5.16. The molecule has 43 heavy (non-hydrogen) atoms. The molecule has 0 bridgehead atoms. The maximum atomic E-state index is 13.7. The molecular formula is C35H33N3O5. The summed E-state index contributed by atoms with van der Waals surface area (Å²) in [4.78, 5) is 18.7. The van der Waals surface area contributed by atoms with E-state index in [1.54, 1.807) is 12.3 Å². The van der Waals surface area contributed by atoms with E-state index in [0.29, 0.717) is 35.7 Å². The Labute approximate surface area is 250 Å². The van der Waals surface area contributed by atoms with E-state index >= 15 is 0 Å². The summed E-state index contributed by atoms with van der Waals surface area (Å²) in [5.41, 5.74) is 5.01. The second-order valence-corrected chi connectivity index (χ2v) is 10.7. The number of fused-ring (bicyclic) bond motifs is 2. The molecule has 8 heteroatoms. The van der Waals surface area contributed by atoms with Crippen molar-refractivity contribution in [1.82, 2.24) is 9.66 Å². The van der Waals surface area contributed by atoms with Gasteiger partial charge in [0.25, 0.3) is 5.56 Å². The van der Waals surface area contributed by atoms with Crippen LogP contribution in [0.2, 0.25) is 0 Å². The summed E-state index contributed by atoms with van der Waals surface area (Å²) >= 11 is 0. The van der Waals surface area contributed by atoms with Crippen molar-refractivity contribution < 1.29 is 18.9 Å². The predicted octanol–water partition coefficient (Wildman–Crippen LogP) is 7.08. The van der Waals surface area contributed by atoms with Crippen molar-refractivity contribution in [2.24, 2.45) is 5.10 Å². The van der Waals surface area contributed by atoms with Crippen LogP contribution in [0.25, 0.3) is 22.3 Å². The summed E-state index contributed by atoms with van der Waals surface area (Å²) in [6.07, 6.45) is 1.66. The van der Waals surface area contributed by atoms with Gasteiger partial charge < -0.3 is 18.9 Å². The van der Waals surface area contributed by atoms with Crippen LogP contribution in [-0.2, 0) is 6.61 Å². The highest BCUT2D eigenvalue weighted by Gasteiger charge is 2.19. The minimum atomic E-state index is -0.236. The molecule has 0 saturated carbocycles. The van der Waals surface area contributed by atoms with Gasteiger partial charge in [-0.25, -0.2) is 4.98 Å². The highest BCUT2D eigenvalue weighted by atomic mass is 16.7. The van der Waals surface area contributed by atoms with Gasteiger partial charge >= 0.3 is 0 Å². The van der Waals surface area contributed by atoms with Crippen molar-refractivity contribution in [3.8, 4) is 34.4 Å². The first-order chi connectivity index (χ1) is 20.9. The van der Waals surface area contributed by atoms with E-state index in [-0.39, 0.29) is 18.3 Å². The predicted molar refractivity (Wildman–Crippen MR) is 168 cm³/mol. The Bertz CT molecular complexity index is 1880. The molecule has 1 aromatic heterocycles. The molecule has 8 nitrogen and oxygen atoms in total. The van der Waals surface area contributed by atoms with Gasteiger partial charge in [0.05, 0.1) is 23.7 Å². The zero-order chi connectivity index (χ0) is 29.9. The second kappa shape index (κ2) is 12.0. The highest BCUT2D eigenvalue weighted by Crippen LogP contribution is 2.35. The molecule has 0 atom stereocenters. The number of rotatable bonds is 9. The van der Waals surface area contributed by atoms with Crippen LogP contribution in [0.5, 0.6) is 23.0 Å². The average Bonchev–Trinajstić information content (AvgIpc) is 3.48. The first-order valence-electron chi connectivity index (χ1n) is 14.4. The summed E-state index contributed by atoms with van der Waals surface area (Å²) in [6.45, 7) is 9.43. The van der Waals surface area contributed by atoms with Crippen LogP contribution in [0.4, 0.5) is 0 Å². The van der Waals surface area contributed by atoms with Gasteiger partial charge in [0.2, 0.25) is 6.79 Å². The van der Waals surface area contributed by atoms with Crippen LogP contribution >= 0.6 is 0 Å². The quantitative estimate of drug-likeness (QED) is 0.175. The molecule has 0 radical (unpaired) electrons. The molecule has 1 aliphatic heterocycles. The Balaban J connectivity index is 1.31. The van der Waals surface area contributed by atoms with Gasteiger partial charge in [-0.3, -0.25) is 4.79 Å². The largest absolute Gasteiger partial charge is 0.494 e. The minimum Gasteiger partial charge on any atom is -0.494 e. The number of para-hydroxylation sites is 1. The highest BCUT2D eigenvalue weighted by molar-refractivity contribution is 5.82. The summed E-state index contributed by atoms with van der Waals surface area (Å²) in [6, 6.07) is 24.7. The van der Waals surface area contributed by atoms with Gasteiger partial charge in [-0.05, 0) is 103 Å². The number of benzene rings is 4. The van der Waals surface area contributed by atoms with Crippen LogP contribution < -0.4 is 24.5 Å². The van der Waals surface area contributed by atoms with Crippen LogP contribution in [0, 0.1) is 6.92 Å². The molecule has 0 N–H and O–H groups in total. The van der Waals surface area contributed by atoms with E-state index in [1.165, 1.54) is 4.68 Å². The molecule has 6 rings (SSSR count). The number of nitrogens with zero attached hydrogens (tertiary/aromatic N) is 3. The van der Waals surface area contributed by atoms with E-state index in [9.17, 15) is 4.79 Å². The van der Waals surface area contributed by atoms with Gasteiger partial charge in [0.15, 0.2) is 17.3 Å². The molecule has 2 heterocycles. The van der Waals surface area contributed by atoms with Gasteiger partial charge in [0.1, 0.15) is 18.1 Å². The molecule has 0 saturated heterocycles. The maximum Gasteiger partial charge on any atom is 0.282 e. The van der Waals surface area contributed by atoms with Crippen LogP contribution in [0.15, 0.2) is 88.8 Å². The summed E-state index contributed by atoms with van der Waals surface area (Å²) in [7, 11) is 0. The third-order valence-corrected chi connectivity index (χ3v) is 7.32. The number of aromatic nitrogens is 2. The van der Waals surface area contributed by atoms with Gasteiger partial charge in [-0.15, -0.1) is 0 Å². The number of hydrogen-bond acceptors (Lipinski definition) is 7. The Morgan fingerprint density at radius 2 is 1.77 bits per heavy atom. The second-order valence-electron chi connectivity index (χ2n) is 10.7. The molecule has 0 aliphatic carbocycles. The van der Waals surface area contributed by atoms with E-state index in [2.05, 4.69) is 25.0 Å². The first kappa shape index (κ1) is 28.0. The van der Waals surface area contributed by atoms with Gasteiger partial charge in [0, 0.05) is 5.56 Å². The number of hydrogen-bond donors (Lipinski definition) is 0. The third kappa shape index (κ3) is 5.81. The Morgan fingerprint density at radius 1 is 0.977 bits per heavy atom. The fraction of sp³-hybridized carbons (Fsp3) is 0.229. The zero-order valence-electron chi connectivity index (χ0n) is 24.7. The van der Waals surface area contributed by atoms with E-state index in [4.69, 9.17) is 23.9 Å². The van der Waals surface area contributed by atoms with Crippen LogP contribution in [0.1, 0.15) is 48.9 Å². The molecule has 4 aromatic carbocycles. The smallest absolute Gasteiger partial charge is 0.282 e. The van der Waals surface area contributed by atoms with Crippen molar-refractivity contribution >= 4 is 17.1 Å². The standard InChI is InChI=1S/C35H33N3O5/c1-5-40-32-16-23(4)29(18-28(32)22(2)3)34-37-30-9-7-6-8-27(30)35(39)38(34)36-19-24-10-13-26(14-11-24)41-20-25-12-15-31-33(17-25)43-21-42-31/h6-19,22H,5,20-21H2,1-4H3. The SMILES string of the molecule is CCOc1cc(C)c(-c2nc3ccccc3c(=O)n2N=Cc2ccc(OCc3ccc4c(c3)OCO4)cc2)cc1C(C)C. The van der Waals surface area contributed by atoms with Crippen LogP contribution in [0.3, 0.4) is 0 Å². The lowest BCUT2D eigenvalue weighted by Gasteiger charge is -2.18. The zero-order valence-corrected chi connectivity index (χ0v) is 24.7. The molecule has 0 amide bonds. The van der Waals surface area contributed by atoms with Gasteiger partial charge in [-0.2, -0.15) is 9.78 Å². The molecular weight excluding hydrogens is 542 g/mol. The van der Waals surface area contributed by atoms with Gasteiger partial charge in [-0.1, -0.05) is 32.0 Å². The fourth-order valence-electron chi connectivity index (χ4n) is 5.05. The van der Waals surface area contributed by atoms with E-state index in [1.807, 2.05) is 80.6 Å². The number of ether oxygens (including phenoxy) is 4. The van der Waals surface area contributed by atoms with Crippen molar-refractivity contribution in [1.29, 1.82) is 0 Å². The maximum absolute atomic E-state index is 13.7. The third-order valence-electron chi connectivity index (χ3n) is 7.32. The first-order valence-corrected chi connectivity index (χ1v) is 14.4. The molecule has 0 spiro atoms. The summed E-state index contributed by atoms with van der Waals surface area (Å²) < 4.78 is 24.1. The van der Waals surface area contributed by atoms with E-state index < -0.39 is 0 Å². The molecule has 218 valence electrons. The lowest BCUT2D eigenvalue weighted by molar-refractivity contribution is 0.174. The minimum absolute atomic E-state index is 0.218. The Morgan fingerprint density at radius 3 is 2.56 bits per heavy atom. The number of aryl methyl sites for hydroxylation is 1. The monoisotopic (exact) mass is 575 g/mol. The molecule has 1 aliphatic rings. The Kier molecular flexibility index (Phi) is 7.83. The topological polar surface area (TPSA) is 84.2 Å². The molecule has 0 unspecified atom stereocenters. The molecule has 0 fully saturated rings. The lowest BCUT2D eigenvalue weighted by Crippen LogP contribution is -2.20. The fourth-order valence-corrected chi connectivity index (χ4v) is 5.05. The normalized spacial score (nSPS) is 12.4. The van der Waals surface area contributed by atoms with Crippen molar-refractivity contribution in [3.63, 3.8) is 0 Å². The van der Waals surface area contributed by atoms with Crippen LogP contribution in [-0.4, -0.2) is 29.3 Å². The van der Waals surface area contributed by atoms with E-state index in [0.717, 1.165) is 45.1 Å². The van der Waals surface area contributed by atoms with Crippen molar-refractivity contribution in [2.45, 2.75) is 40.2 Å². The summed E-state index contributed by atoms with van der Waals surface area (Å²) in [5.74, 6) is 3.73. The molecule has 5 aromatic rings.